The quantitative estimate of drug-likeness (QED) is 0.654. The molecule has 0 bridgehead atoms. The van der Waals surface area contributed by atoms with E-state index in [9.17, 15) is 9.59 Å². The van der Waals surface area contributed by atoms with E-state index < -0.39 is 6.04 Å². The van der Waals surface area contributed by atoms with Gasteiger partial charge in [0.1, 0.15) is 6.04 Å². The lowest BCUT2D eigenvalue weighted by atomic mass is 10.2. The van der Waals surface area contributed by atoms with Crippen molar-refractivity contribution in [3.63, 3.8) is 0 Å². The Morgan fingerprint density at radius 1 is 1.43 bits per heavy atom. The highest BCUT2D eigenvalue weighted by atomic mass is 16.3. The summed E-state index contributed by atoms with van der Waals surface area (Å²) in [6.07, 6.45) is 0. The minimum Gasteiger partial charge on any atom is -0.395 e. The smallest absolute Gasteiger partial charge is 0.327 e. The molecule has 1 rings (SSSR count). The van der Waals surface area contributed by atoms with E-state index in [4.69, 9.17) is 5.11 Å². The number of amides is 3. The van der Waals surface area contributed by atoms with Crippen LogP contribution in [0.1, 0.15) is 20.8 Å². The van der Waals surface area contributed by atoms with Crippen LogP contribution in [-0.4, -0.2) is 52.1 Å². The van der Waals surface area contributed by atoms with E-state index in [0.717, 1.165) is 4.90 Å². The second-order valence-electron chi connectivity index (χ2n) is 3.67. The summed E-state index contributed by atoms with van der Waals surface area (Å²) in [6.45, 7) is 5.34. The normalized spacial score (nSPS) is 22.8. The van der Waals surface area contributed by atoms with Gasteiger partial charge in [0.15, 0.2) is 0 Å². The number of urea groups is 1. The van der Waals surface area contributed by atoms with E-state index in [2.05, 4.69) is 0 Å². The predicted octanol–water partition coefficient (Wildman–Crippen LogP) is 0.0398. The van der Waals surface area contributed by atoms with E-state index in [1.54, 1.807) is 6.92 Å². The molecule has 1 heterocycles. The molecule has 5 heteroatoms. The van der Waals surface area contributed by atoms with Crippen molar-refractivity contribution in [3.8, 4) is 0 Å². The van der Waals surface area contributed by atoms with Crippen molar-refractivity contribution >= 4 is 11.9 Å². The molecular weight excluding hydrogens is 184 g/mol. The Labute approximate surface area is 83.3 Å². The summed E-state index contributed by atoms with van der Waals surface area (Å²) in [5.74, 6) is -0.224. The minimum absolute atomic E-state index is 0.00476. The number of rotatable bonds is 3. The first-order valence-corrected chi connectivity index (χ1v) is 4.75. The minimum atomic E-state index is -0.408. The summed E-state index contributed by atoms with van der Waals surface area (Å²) in [5.41, 5.74) is 0. The highest BCUT2D eigenvalue weighted by molar-refractivity contribution is 6.04. The first-order valence-electron chi connectivity index (χ1n) is 4.75. The Bertz CT molecular complexity index is 252. The molecule has 0 radical (unpaired) electrons. The lowest BCUT2D eigenvalue weighted by Gasteiger charge is -2.23. The van der Waals surface area contributed by atoms with Crippen LogP contribution < -0.4 is 0 Å². The fourth-order valence-electron chi connectivity index (χ4n) is 1.72. The van der Waals surface area contributed by atoms with Crippen LogP contribution >= 0.6 is 0 Å². The van der Waals surface area contributed by atoms with E-state index in [0.29, 0.717) is 0 Å². The standard InChI is InChI=1S/C9H16N2O3/c1-6(2)11-7(3)8(13)10(4-5-12)9(11)14/h6-7,12H,4-5H2,1-3H3. The predicted molar refractivity (Wildman–Crippen MR) is 50.6 cm³/mol. The molecule has 3 amide bonds. The van der Waals surface area contributed by atoms with E-state index in [-0.39, 0.29) is 31.1 Å². The van der Waals surface area contributed by atoms with Crippen LogP contribution in [0.4, 0.5) is 4.79 Å². The van der Waals surface area contributed by atoms with Gasteiger partial charge in [-0.15, -0.1) is 0 Å². The highest BCUT2D eigenvalue weighted by Crippen LogP contribution is 2.19. The van der Waals surface area contributed by atoms with Gasteiger partial charge in [-0.25, -0.2) is 4.79 Å². The van der Waals surface area contributed by atoms with Crippen LogP contribution in [0.3, 0.4) is 0 Å². The molecule has 1 N–H and O–H groups in total. The molecule has 5 nitrogen and oxygen atoms in total. The highest BCUT2D eigenvalue weighted by Gasteiger charge is 2.42. The number of aliphatic hydroxyl groups is 1. The summed E-state index contributed by atoms with van der Waals surface area (Å²) in [5, 5.41) is 8.71. The maximum absolute atomic E-state index is 11.7. The zero-order valence-corrected chi connectivity index (χ0v) is 8.73. The maximum atomic E-state index is 11.7. The largest absolute Gasteiger partial charge is 0.395 e. The van der Waals surface area contributed by atoms with Crippen LogP contribution in [0.2, 0.25) is 0 Å². The van der Waals surface area contributed by atoms with Gasteiger partial charge < -0.3 is 10.0 Å². The lowest BCUT2D eigenvalue weighted by molar-refractivity contribution is -0.128. The molecule has 0 aliphatic carbocycles. The molecule has 1 saturated heterocycles. The Balaban J connectivity index is 2.85. The number of imide groups is 1. The van der Waals surface area contributed by atoms with Crippen molar-refractivity contribution in [1.29, 1.82) is 0 Å². The second-order valence-corrected chi connectivity index (χ2v) is 3.67. The molecule has 1 aliphatic rings. The van der Waals surface area contributed by atoms with Crippen molar-refractivity contribution in [1.82, 2.24) is 9.80 Å². The van der Waals surface area contributed by atoms with Crippen LogP contribution in [0, 0.1) is 0 Å². The topological polar surface area (TPSA) is 60.9 Å². The molecule has 1 atom stereocenters. The van der Waals surface area contributed by atoms with Crippen LogP contribution in [0.5, 0.6) is 0 Å². The van der Waals surface area contributed by atoms with Crippen molar-refractivity contribution < 1.29 is 14.7 Å². The van der Waals surface area contributed by atoms with Gasteiger partial charge in [0.05, 0.1) is 13.2 Å². The molecule has 80 valence electrons. The van der Waals surface area contributed by atoms with Crippen LogP contribution in [0.25, 0.3) is 0 Å². The molecule has 1 fully saturated rings. The molecule has 0 aromatic carbocycles. The molecule has 0 saturated carbocycles. The first-order chi connectivity index (χ1) is 6.50. The van der Waals surface area contributed by atoms with Gasteiger partial charge >= 0.3 is 6.03 Å². The summed E-state index contributed by atoms with van der Waals surface area (Å²) in [6, 6.07) is -0.703. The number of carbonyl (C=O) groups is 2. The van der Waals surface area contributed by atoms with Gasteiger partial charge in [-0.05, 0) is 20.8 Å². The fourth-order valence-corrected chi connectivity index (χ4v) is 1.72. The zero-order chi connectivity index (χ0) is 10.9. The van der Waals surface area contributed by atoms with Crippen molar-refractivity contribution in [2.24, 2.45) is 0 Å². The number of aliphatic hydroxyl groups excluding tert-OH is 1. The number of β-amino-alcohol motifs (C(OH)–C–C–N with tert-alkyl or cyclic N) is 1. The van der Waals surface area contributed by atoms with Gasteiger partial charge in [0, 0.05) is 6.04 Å². The van der Waals surface area contributed by atoms with E-state index >= 15 is 0 Å². The third-order valence-corrected chi connectivity index (χ3v) is 2.37. The Morgan fingerprint density at radius 3 is 2.36 bits per heavy atom. The molecular formula is C9H16N2O3. The van der Waals surface area contributed by atoms with E-state index in [1.807, 2.05) is 13.8 Å². The molecule has 1 aliphatic heterocycles. The van der Waals surface area contributed by atoms with Gasteiger partial charge in [0.2, 0.25) is 0 Å². The maximum Gasteiger partial charge on any atom is 0.327 e. The summed E-state index contributed by atoms with van der Waals surface area (Å²) < 4.78 is 0. The first kappa shape index (κ1) is 11.0. The van der Waals surface area contributed by atoms with Crippen LogP contribution in [-0.2, 0) is 4.79 Å². The third kappa shape index (κ3) is 1.59. The van der Waals surface area contributed by atoms with Crippen molar-refractivity contribution in [2.45, 2.75) is 32.9 Å². The lowest BCUT2D eigenvalue weighted by Crippen LogP contribution is -2.39. The number of carbonyl (C=O) groups excluding carboxylic acids is 2. The number of hydrogen-bond donors (Lipinski definition) is 1. The summed E-state index contributed by atoms with van der Waals surface area (Å²) in [7, 11) is 0. The van der Waals surface area contributed by atoms with E-state index in [1.165, 1.54) is 4.90 Å². The third-order valence-electron chi connectivity index (χ3n) is 2.37. The Kier molecular flexibility index (Phi) is 3.10. The fraction of sp³-hybridized carbons (Fsp3) is 0.778. The number of hydrogen-bond acceptors (Lipinski definition) is 3. The average molecular weight is 200 g/mol. The monoisotopic (exact) mass is 200 g/mol. The Hall–Kier alpha value is -1.10. The second kappa shape index (κ2) is 3.96. The molecule has 14 heavy (non-hydrogen) atoms. The van der Waals surface area contributed by atoms with Gasteiger partial charge in [-0.3, -0.25) is 9.69 Å². The summed E-state index contributed by atoms with van der Waals surface area (Å²) in [4.78, 5) is 25.9. The number of nitrogens with zero attached hydrogens (tertiary/aromatic N) is 2. The SMILES string of the molecule is CC(C)N1C(=O)N(CCO)C(=O)C1C. The summed E-state index contributed by atoms with van der Waals surface area (Å²) >= 11 is 0. The van der Waals surface area contributed by atoms with Crippen molar-refractivity contribution in [2.75, 3.05) is 13.2 Å². The zero-order valence-electron chi connectivity index (χ0n) is 8.73. The average Bonchev–Trinajstić information content (AvgIpc) is 2.30. The van der Waals surface area contributed by atoms with Gasteiger partial charge in [-0.2, -0.15) is 0 Å². The Morgan fingerprint density at radius 2 is 2.00 bits per heavy atom. The molecule has 0 aromatic rings. The molecule has 0 aromatic heterocycles. The molecule has 0 spiro atoms. The van der Waals surface area contributed by atoms with Gasteiger partial charge in [0.25, 0.3) is 5.91 Å². The van der Waals surface area contributed by atoms with Gasteiger partial charge in [-0.1, -0.05) is 0 Å². The molecule has 1 unspecified atom stereocenters. The van der Waals surface area contributed by atoms with Crippen LogP contribution in [0.15, 0.2) is 0 Å². The van der Waals surface area contributed by atoms with Crippen molar-refractivity contribution in [3.05, 3.63) is 0 Å².